The molecule has 1 amide bonds. The highest BCUT2D eigenvalue weighted by atomic mass is 35.5. The first-order chi connectivity index (χ1) is 14.7. The molecule has 2 aromatic carbocycles. The van der Waals surface area contributed by atoms with E-state index >= 15 is 0 Å². The molecule has 1 heterocycles. The maximum atomic E-state index is 13.1. The molecule has 1 aliphatic rings. The van der Waals surface area contributed by atoms with Crippen LogP contribution in [0.1, 0.15) is 32.6 Å². The van der Waals surface area contributed by atoms with E-state index < -0.39 is 22.0 Å². The third kappa shape index (κ3) is 6.05. The molecule has 0 radical (unpaired) electrons. The summed E-state index contributed by atoms with van der Waals surface area (Å²) in [5, 5.41) is 3.43. The number of halogens is 2. The first kappa shape index (κ1) is 23.7. The summed E-state index contributed by atoms with van der Waals surface area (Å²) in [5.74, 6) is -0.422. The van der Waals surface area contributed by atoms with Gasteiger partial charge in [-0.25, -0.2) is 8.42 Å². The van der Waals surface area contributed by atoms with E-state index in [1.54, 1.807) is 6.92 Å². The van der Waals surface area contributed by atoms with Crippen molar-refractivity contribution in [2.45, 2.75) is 38.6 Å². The summed E-state index contributed by atoms with van der Waals surface area (Å²) in [4.78, 5) is 15.4. The molecule has 6 nitrogen and oxygen atoms in total. The number of sulfonamides is 1. The topological polar surface area (TPSA) is 69.7 Å². The first-order valence-corrected chi connectivity index (χ1v) is 12.9. The number of amides is 1. The van der Waals surface area contributed by atoms with Crippen LogP contribution >= 0.6 is 23.2 Å². The average Bonchev–Trinajstić information content (AvgIpc) is 2.71. The van der Waals surface area contributed by atoms with Gasteiger partial charge in [-0.1, -0.05) is 30.1 Å². The van der Waals surface area contributed by atoms with Gasteiger partial charge in [-0.3, -0.25) is 9.10 Å². The Morgan fingerprint density at radius 2 is 1.65 bits per heavy atom. The minimum atomic E-state index is -3.77. The first-order valence-electron chi connectivity index (χ1n) is 10.3. The molecule has 1 aliphatic heterocycles. The lowest BCUT2D eigenvalue weighted by atomic mass is 10.1. The number of hydrogen-bond donors (Lipinski definition) is 1. The van der Waals surface area contributed by atoms with Gasteiger partial charge in [0.1, 0.15) is 6.04 Å². The highest BCUT2D eigenvalue weighted by Gasteiger charge is 2.32. The third-order valence-electron chi connectivity index (χ3n) is 5.29. The second-order valence-electron chi connectivity index (χ2n) is 7.69. The Kier molecular flexibility index (Phi) is 7.73. The van der Waals surface area contributed by atoms with Crippen LogP contribution in [0.3, 0.4) is 0 Å². The number of rotatable bonds is 7. The van der Waals surface area contributed by atoms with Crippen LogP contribution in [0.5, 0.6) is 0 Å². The van der Waals surface area contributed by atoms with E-state index in [9.17, 15) is 13.2 Å². The van der Waals surface area contributed by atoms with Crippen molar-refractivity contribution < 1.29 is 13.2 Å². The predicted octanol–water partition coefficient (Wildman–Crippen LogP) is 5.17. The minimum Gasteiger partial charge on any atom is -0.372 e. The number of carbonyl (C=O) groups is 1. The largest absolute Gasteiger partial charge is 0.372 e. The monoisotopic (exact) mass is 483 g/mol. The number of hydrogen-bond acceptors (Lipinski definition) is 4. The summed E-state index contributed by atoms with van der Waals surface area (Å²) in [6.07, 6.45) is 4.97. The summed E-state index contributed by atoms with van der Waals surface area (Å²) in [6, 6.07) is 11.2. The van der Waals surface area contributed by atoms with E-state index in [1.807, 2.05) is 24.3 Å². The van der Waals surface area contributed by atoms with Gasteiger partial charge in [0.25, 0.3) is 0 Å². The lowest BCUT2D eigenvalue weighted by Gasteiger charge is -2.30. The molecule has 3 rings (SSSR count). The van der Waals surface area contributed by atoms with Crippen LogP contribution in [-0.2, 0) is 14.8 Å². The Balaban J connectivity index is 1.81. The molecule has 2 aromatic rings. The van der Waals surface area contributed by atoms with Crippen molar-refractivity contribution in [2.75, 3.05) is 33.9 Å². The molecule has 0 saturated carbocycles. The van der Waals surface area contributed by atoms with Gasteiger partial charge in [0.05, 0.1) is 11.9 Å². The van der Waals surface area contributed by atoms with Crippen molar-refractivity contribution >= 4 is 56.2 Å². The van der Waals surface area contributed by atoms with Crippen molar-refractivity contribution in [3.05, 3.63) is 52.5 Å². The molecule has 0 bridgehead atoms. The van der Waals surface area contributed by atoms with Gasteiger partial charge in [-0.05, 0) is 68.1 Å². The van der Waals surface area contributed by atoms with Gasteiger partial charge in [-0.2, -0.15) is 0 Å². The molecule has 0 spiro atoms. The maximum Gasteiger partial charge on any atom is 0.248 e. The summed E-state index contributed by atoms with van der Waals surface area (Å²) in [5.41, 5.74) is 1.99. The zero-order valence-electron chi connectivity index (χ0n) is 17.6. The van der Waals surface area contributed by atoms with E-state index in [0.717, 1.165) is 29.3 Å². The van der Waals surface area contributed by atoms with Crippen LogP contribution in [0.15, 0.2) is 42.5 Å². The van der Waals surface area contributed by atoms with Crippen LogP contribution in [0.2, 0.25) is 10.0 Å². The summed E-state index contributed by atoms with van der Waals surface area (Å²) in [6.45, 7) is 3.83. The van der Waals surface area contributed by atoms with E-state index in [1.165, 1.54) is 37.5 Å². The van der Waals surface area contributed by atoms with Gasteiger partial charge in [0.2, 0.25) is 15.9 Å². The summed E-state index contributed by atoms with van der Waals surface area (Å²) < 4.78 is 26.2. The molecule has 1 fully saturated rings. The van der Waals surface area contributed by atoms with E-state index in [0.29, 0.717) is 15.7 Å². The predicted molar refractivity (Wildman–Crippen MR) is 129 cm³/mol. The Labute approximate surface area is 194 Å². The second-order valence-corrected chi connectivity index (χ2v) is 10.4. The zero-order chi connectivity index (χ0) is 22.6. The molecular formula is C22H27Cl2N3O3S. The summed E-state index contributed by atoms with van der Waals surface area (Å²) >= 11 is 12.1. The van der Waals surface area contributed by atoms with Crippen molar-refractivity contribution in [1.82, 2.24) is 0 Å². The molecule has 168 valence electrons. The molecule has 9 heteroatoms. The van der Waals surface area contributed by atoms with Crippen molar-refractivity contribution in [3.63, 3.8) is 0 Å². The lowest BCUT2D eigenvalue weighted by molar-refractivity contribution is -0.117. The fourth-order valence-electron chi connectivity index (χ4n) is 3.86. The quantitative estimate of drug-likeness (QED) is 0.589. The summed E-state index contributed by atoms with van der Waals surface area (Å²) in [7, 11) is -3.77. The Hall–Kier alpha value is -1.96. The van der Waals surface area contributed by atoms with Gasteiger partial charge in [0, 0.05) is 34.5 Å². The number of piperidine rings is 1. The molecule has 31 heavy (non-hydrogen) atoms. The van der Waals surface area contributed by atoms with Crippen LogP contribution in [-0.4, -0.2) is 39.7 Å². The number of benzene rings is 2. The van der Waals surface area contributed by atoms with E-state index in [-0.39, 0.29) is 12.1 Å². The Morgan fingerprint density at radius 1 is 1.06 bits per heavy atom. The fraction of sp³-hybridized carbons (Fsp3) is 0.409. The van der Waals surface area contributed by atoms with Gasteiger partial charge in [0.15, 0.2) is 0 Å². The number of anilines is 3. The third-order valence-corrected chi connectivity index (χ3v) is 6.90. The highest BCUT2D eigenvalue weighted by Crippen LogP contribution is 2.30. The average molecular weight is 484 g/mol. The lowest BCUT2D eigenvalue weighted by Crippen LogP contribution is -2.47. The van der Waals surface area contributed by atoms with E-state index in [4.69, 9.17) is 23.2 Å². The highest BCUT2D eigenvalue weighted by molar-refractivity contribution is 7.92. The van der Waals surface area contributed by atoms with Gasteiger partial charge in [-0.15, -0.1) is 0 Å². The van der Waals surface area contributed by atoms with Crippen LogP contribution in [0.25, 0.3) is 0 Å². The molecular weight excluding hydrogens is 457 g/mol. The van der Waals surface area contributed by atoms with Crippen molar-refractivity contribution in [2.24, 2.45) is 0 Å². The smallest absolute Gasteiger partial charge is 0.248 e. The van der Waals surface area contributed by atoms with Gasteiger partial charge < -0.3 is 10.2 Å². The van der Waals surface area contributed by atoms with Crippen LogP contribution in [0, 0.1) is 0 Å². The van der Waals surface area contributed by atoms with Crippen LogP contribution < -0.4 is 14.5 Å². The maximum absolute atomic E-state index is 13.1. The van der Waals surface area contributed by atoms with Crippen LogP contribution in [0.4, 0.5) is 17.1 Å². The minimum absolute atomic E-state index is 0.252. The SMILES string of the molecule is CC[C@H](C(=O)Nc1ccc(N2CCCCC2)cc1)N(c1cc(Cl)cc(Cl)c1)S(C)(=O)=O. The standard InChI is InChI=1S/C22H27Cl2N3O3S/c1-3-21(27(31(2,29)30)20-14-16(23)13-17(24)15-20)22(28)25-18-7-9-19(10-8-18)26-11-5-4-6-12-26/h7-10,13-15,21H,3-6,11-12H2,1-2H3,(H,25,28)/t21-/m1/s1. The molecule has 1 atom stereocenters. The van der Waals surface area contributed by atoms with Crippen molar-refractivity contribution in [1.29, 1.82) is 0 Å². The van der Waals surface area contributed by atoms with Gasteiger partial charge >= 0.3 is 0 Å². The fourth-order valence-corrected chi connectivity index (χ4v) is 5.57. The van der Waals surface area contributed by atoms with Crippen molar-refractivity contribution in [3.8, 4) is 0 Å². The molecule has 0 aromatic heterocycles. The Morgan fingerprint density at radius 3 is 2.16 bits per heavy atom. The molecule has 0 aliphatic carbocycles. The molecule has 1 N–H and O–H groups in total. The number of nitrogens with zero attached hydrogens (tertiary/aromatic N) is 2. The second kappa shape index (κ2) is 10.1. The molecule has 0 unspecified atom stereocenters. The number of carbonyl (C=O) groups excluding carboxylic acids is 1. The van der Waals surface area contributed by atoms with E-state index in [2.05, 4.69) is 10.2 Å². The Bertz CT molecular complexity index is 1000. The number of nitrogens with one attached hydrogen (secondary N) is 1. The molecule has 1 saturated heterocycles. The normalized spacial score (nSPS) is 15.4. The zero-order valence-corrected chi connectivity index (χ0v) is 20.0.